The third-order valence-corrected chi connectivity index (χ3v) is 2.97. The molecule has 0 radical (unpaired) electrons. The van der Waals surface area contributed by atoms with Crippen molar-refractivity contribution >= 4 is 22.9 Å². The molecular formula is C14H7F4N3O. The van der Waals surface area contributed by atoms with Gasteiger partial charge in [-0.1, -0.05) is 12.1 Å². The van der Waals surface area contributed by atoms with Crippen molar-refractivity contribution in [3.05, 3.63) is 59.2 Å². The average molecular weight is 309 g/mol. The number of H-pyrrole nitrogens is 1. The predicted molar refractivity (Wildman–Crippen MR) is 70.3 cm³/mol. The highest BCUT2D eigenvalue weighted by Crippen LogP contribution is 2.20. The van der Waals surface area contributed by atoms with Crippen molar-refractivity contribution in [1.82, 2.24) is 9.97 Å². The summed E-state index contributed by atoms with van der Waals surface area (Å²) < 4.78 is 52.6. The first-order chi connectivity index (χ1) is 10.5. The van der Waals surface area contributed by atoms with Gasteiger partial charge >= 0.3 is 0 Å². The fourth-order valence-corrected chi connectivity index (χ4v) is 1.92. The molecule has 0 aliphatic heterocycles. The molecule has 3 rings (SSSR count). The van der Waals surface area contributed by atoms with E-state index in [0.717, 1.165) is 0 Å². The number of anilines is 1. The van der Waals surface area contributed by atoms with Gasteiger partial charge in [-0.3, -0.25) is 10.1 Å². The summed E-state index contributed by atoms with van der Waals surface area (Å²) in [5.74, 6) is -8.64. The largest absolute Gasteiger partial charge is 0.324 e. The summed E-state index contributed by atoms with van der Waals surface area (Å²) >= 11 is 0. The summed E-state index contributed by atoms with van der Waals surface area (Å²) in [5, 5.41) is 2.16. The van der Waals surface area contributed by atoms with E-state index < -0.39 is 34.7 Å². The summed E-state index contributed by atoms with van der Waals surface area (Å²) in [5.41, 5.74) is 0.182. The van der Waals surface area contributed by atoms with Crippen LogP contribution in [0.1, 0.15) is 10.4 Å². The summed E-state index contributed by atoms with van der Waals surface area (Å²) in [4.78, 5) is 18.6. The molecule has 1 heterocycles. The van der Waals surface area contributed by atoms with Crippen LogP contribution in [0.5, 0.6) is 0 Å². The molecule has 1 aromatic heterocycles. The molecule has 2 aromatic carbocycles. The van der Waals surface area contributed by atoms with E-state index in [4.69, 9.17) is 0 Å². The lowest BCUT2D eigenvalue weighted by molar-refractivity contribution is 0.102. The minimum atomic E-state index is -2.05. The van der Waals surface area contributed by atoms with Crippen molar-refractivity contribution in [1.29, 1.82) is 0 Å². The van der Waals surface area contributed by atoms with Crippen molar-refractivity contribution in [3.63, 3.8) is 0 Å². The normalized spacial score (nSPS) is 10.9. The Hall–Kier alpha value is -2.90. The van der Waals surface area contributed by atoms with Crippen molar-refractivity contribution in [2.45, 2.75) is 0 Å². The number of carbonyl (C=O) groups excluding carboxylic acids is 1. The average Bonchev–Trinajstić information content (AvgIpc) is 2.90. The number of hydrogen-bond acceptors (Lipinski definition) is 2. The second-order valence-corrected chi connectivity index (χ2v) is 4.40. The molecule has 0 spiro atoms. The van der Waals surface area contributed by atoms with Gasteiger partial charge in [0.15, 0.2) is 23.3 Å². The number of aromatic amines is 1. The topological polar surface area (TPSA) is 57.8 Å². The van der Waals surface area contributed by atoms with Crippen LogP contribution in [0.4, 0.5) is 23.5 Å². The van der Waals surface area contributed by atoms with E-state index in [-0.39, 0.29) is 12.0 Å². The summed E-state index contributed by atoms with van der Waals surface area (Å²) in [6, 6.07) is 7.09. The van der Waals surface area contributed by atoms with E-state index >= 15 is 0 Å². The van der Waals surface area contributed by atoms with Gasteiger partial charge in [0.1, 0.15) is 0 Å². The Morgan fingerprint density at radius 1 is 1.05 bits per heavy atom. The van der Waals surface area contributed by atoms with Crippen molar-refractivity contribution in [2.75, 3.05) is 5.32 Å². The number of nitrogens with zero attached hydrogens (tertiary/aromatic N) is 1. The fraction of sp³-hybridized carbons (Fsp3) is 0. The van der Waals surface area contributed by atoms with Crippen LogP contribution in [0.3, 0.4) is 0 Å². The Kier molecular flexibility index (Phi) is 3.28. The standard InChI is InChI=1S/C14H7F4N3O/c15-7-5-6(10(16)12(18)11(7)17)13(22)21-14-19-8-3-1-2-4-9(8)20-14/h1-5H,(H2,19,20,21,22). The smallest absolute Gasteiger partial charge is 0.261 e. The molecule has 3 aromatic rings. The second-order valence-electron chi connectivity index (χ2n) is 4.40. The van der Waals surface area contributed by atoms with Gasteiger partial charge in [0.2, 0.25) is 5.95 Å². The van der Waals surface area contributed by atoms with Crippen LogP contribution < -0.4 is 5.32 Å². The van der Waals surface area contributed by atoms with Crippen molar-refractivity contribution in [2.24, 2.45) is 0 Å². The highest BCUT2D eigenvalue weighted by Gasteiger charge is 2.23. The zero-order valence-electron chi connectivity index (χ0n) is 10.8. The first kappa shape index (κ1) is 14.1. The number of benzene rings is 2. The maximum absolute atomic E-state index is 13.5. The minimum Gasteiger partial charge on any atom is -0.324 e. The molecule has 1 amide bonds. The van der Waals surface area contributed by atoms with Gasteiger partial charge < -0.3 is 4.98 Å². The van der Waals surface area contributed by atoms with E-state index in [1.165, 1.54) is 0 Å². The predicted octanol–water partition coefficient (Wildman–Crippen LogP) is 3.37. The van der Waals surface area contributed by atoms with Crippen molar-refractivity contribution in [3.8, 4) is 0 Å². The molecule has 0 aliphatic rings. The number of fused-ring (bicyclic) bond motifs is 1. The van der Waals surface area contributed by atoms with Crippen LogP contribution in [0.2, 0.25) is 0 Å². The lowest BCUT2D eigenvalue weighted by atomic mass is 10.1. The highest BCUT2D eigenvalue weighted by atomic mass is 19.2. The van der Waals surface area contributed by atoms with Crippen LogP contribution >= 0.6 is 0 Å². The number of para-hydroxylation sites is 2. The number of hydrogen-bond donors (Lipinski definition) is 2. The van der Waals surface area contributed by atoms with Gasteiger partial charge in [-0.05, 0) is 18.2 Å². The molecule has 112 valence electrons. The Bertz CT molecular complexity index is 858. The lowest BCUT2D eigenvalue weighted by Gasteiger charge is -2.05. The Morgan fingerprint density at radius 2 is 1.77 bits per heavy atom. The quantitative estimate of drug-likeness (QED) is 0.433. The Labute approximate surface area is 120 Å². The molecule has 0 unspecified atom stereocenters. The summed E-state index contributed by atoms with van der Waals surface area (Å²) in [6.45, 7) is 0. The van der Waals surface area contributed by atoms with Gasteiger partial charge in [0.25, 0.3) is 5.91 Å². The number of imidazole rings is 1. The van der Waals surface area contributed by atoms with Gasteiger partial charge in [0.05, 0.1) is 16.6 Å². The monoisotopic (exact) mass is 309 g/mol. The number of rotatable bonds is 2. The molecule has 0 saturated carbocycles. The third kappa shape index (κ3) is 2.28. The number of halogens is 4. The fourth-order valence-electron chi connectivity index (χ4n) is 1.92. The SMILES string of the molecule is O=C(Nc1nc2ccccc2[nH]1)c1cc(F)c(F)c(F)c1F. The number of nitrogens with one attached hydrogen (secondary N) is 2. The van der Waals surface area contributed by atoms with Crippen LogP contribution in [0.15, 0.2) is 30.3 Å². The molecule has 22 heavy (non-hydrogen) atoms. The summed E-state index contributed by atoms with van der Waals surface area (Å²) in [6.07, 6.45) is 0. The van der Waals surface area contributed by atoms with E-state index in [1.54, 1.807) is 24.3 Å². The first-order valence-corrected chi connectivity index (χ1v) is 6.06. The number of aromatic nitrogens is 2. The second kappa shape index (κ2) is 5.14. The third-order valence-electron chi connectivity index (χ3n) is 2.97. The first-order valence-electron chi connectivity index (χ1n) is 6.06. The zero-order valence-corrected chi connectivity index (χ0v) is 10.8. The Morgan fingerprint density at radius 3 is 2.50 bits per heavy atom. The zero-order chi connectivity index (χ0) is 15.9. The lowest BCUT2D eigenvalue weighted by Crippen LogP contribution is -2.17. The van der Waals surface area contributed by atoms with Gasteiger partial charge in [-0.2, -0.15) is 0 Å². The molecular weight excluding hydrogens is 302 g/mol. The van der Waals surface area contributed by atoms with Gasteiger partial charge in [-0.25, -0.2) is 22.5 Å². The molecule has 0 saturated heterocycles. The minimum absolute atomic E-state index is 0.0317. The Balaban J connectivity index is 1.95. The van der Waals surface area contributed by atoms with Gasteiger partial charge in [0, 0.05) is 0 Å². The molecule has 0 atom stereocenters. The van der Waals surface area contributed by atoms with Crippen molar-refractivity contribution < 1.29 is 22.4 Å². The van der Waals surface area contributed by atoms with Crippen LogP contribution in [-0.2, 0) is 0 Å². The molecule has 8 heteroatoms. The molecule has 4 nitrogen and oxygen atoms in total. The van der Waals surface area contributed by atoms with E-state index in [9.17, 15) is 22.4 Å². The molecule has 2 N–H and O–H groups in total. The molecule has 0 fully saturated rings. The molecule has 0 aliphatic carbocycles. The van der Waals surface area contributed by atoms with E-state index in [0.29, 0.717) is 11.0 Å². The van der Waals surface area contributed by atoms with Crippen LogP contribution in [-0.4, -0.2) is 15.9 Å². The van der Waals surface area contributed by atoms with E-state index in [2.05, 4.69) is 15.3 Å². The van der Waals surface area contributed by atoms with Crippen LogP contribution in [0, 0.1) is 23.3 Å². The highest BCUT2D eigenvalue weighted by molar-refractivity contribution is 6.04. The number of amides is 1. The van der Waals surface area contributed by atoms with Crippen LogP contribution in [0.25, 0.3) is 11.0 Å². The maximum atomic E-state index is 13.5. The molecule has 0 bridgehead atoms. The number of carbonyl (C=O) groups is 1. The summed E-state index contributed by atoms with van der Waals surface area (Å²) in [7, 11) is 0. The van der Waals surface area contributed by atoms with Gasteiger partial charge in [-0.15, -0.1) is 0 Å². The van der Waals surface area contributed by atoms with E-state index in [1.807, 2.05) is 0 Å². The maximum Gasteiger partial charge on any atom is 0.261 e.